The summed E-state index contributed by atoms with van der Waals surface area (Å²) in [4.78, 5) is 31.4. The topological polar surface area (TPSA) is 79.7 Å². The molecule has 1 aliphatic rings. The number of pyridine rings is 1. The predicted octanol–water partition coefficient (Wildman–Crippen LogP) is 3.86. The Kier molecular flexibility index (Phi) is 5.02. The van der Waals surface area contributed by atoms with Crippen molar-refractivity contribution in [1.29, 1.82) is 0 Å². The highest BCUT2D eigenvalue weighted by Crippen LogP contribution is 2.44. The van der Waals surface area contributed by atoms with Crippen molar-refractivity contribution in [2.75, 3.05) is 12.0 Å². The van der Waals surface area contributed by atoms with Gasteiger partial charge in [-0.25, -0.2) is 4.39 Å². The molecule has 1 atom stereocenters. The van der Waals surface area contributed by atoms with Crippen LogP contribution in [0.15, 0.2) is 78.6 Å². The van der Waals surface area contributed by atoms with Gasteiger partial charge >= 0.3 is 0 Å². The average molecular weight is 404 g/mol. The van der Waals surface area contributed by atoms with Crippen LogP contribution >= 0.6 is 0 Å². The zero-order chi connectivity index (χ0) is 21.3. The first-order chi connectivity index (χ1) is 14.5. The Labute approximate surface area is 171 Å². The van der Waals surface area contributed by atoms with Gasteiger partial charge in [-0.2, -0.15) is 0 Å². The van der Waals surface area contributed by atoms with Crippen molar-refractivity contribution in [2.24, 2.45) is 0 Å². The number of ether oxygens (including phenoxy) is 1. The lowest BCUT2D eigenvalue weighted by atomic mass is 9.96. The first-order valence-corrected chi connectivity index (χ1v) is 9.13. The number of amides is 1. The van der Waals surface area contributed by atoms with Crippen LogP contribution in [0.25, 0.3) is 5.76 Å². The second-order valence-electron chi connectivity index (χ2n) is 6.63. The summed E-state index contributed by atoms with van der Waals surface area (Å²) in [6, 6.07) is 14.3. The molecule has 0 spiro atoms. The molecule has 6 nitrogen and oxygen atoms in total. The van der Waals surface area contributed by atoms with Crippen LogP contribution in [0.1, 0.15) is 17.2 Å². The third-order valence-corrected chi connectivity index (χ3v) is 4.91. The molecule has 0 aliphatic carbocycles. The minimum Gasteiger partial charge on any atom is -0.507 e. The fourth-order valence-electron chi connectivity index (χ4n) is 3.53. The van der Waals surface area contributed by atoms with E-state index in [9.17, 15) is 19.1 Å². The van der Waals surface area contributed by atoms with Gasteiger partial charge in [-0.15, -0.1) is 0 Å². The highest BCUT2D eigenvalue weighted by Gasteiger charge is 2.47. The van der Waals surface area contributed by atoms with E-state index in [4.69, 9.17) is 4.74 Å². The number of methoxy groups -OCH3 is 1. The number of benzene rings is 2. The molecule has 2 heterocycles. The van der Waals surface area contributed by atoms with Gasteiger partial charge in [0, 0.05) is 18.0 Å². The number of aliphatic hydroxyl groups excluding tert-OH is 1. The molecule has 0 bridgehead atoms. The van der Waals surface area contributed by atoms with Crippen LogP contribution in [-0.2, 0) is 9.59 Å². The average Bonchev–Trinajstić information content (AvgIpc) is 3.05. The number of carbonyl (C=O) groups excluding carboxylic acids is 2. The molecule has 1 fully saturated rings. The fourth-order valence-corrected chi connectivity index (χ4v) is 3.53. The van der Waals surface area contributed by atoms with Crippen molar-refractivity contribution in [3.8, 4) is 5.75 Å². The van der Waals surface area contributed by atoms with Crippen molar-refractivity contribution in [2.45, 2.75) is 6.04 Å². The summed E-state index contributed by atoms with van der Waals surface area (Å²) in [6.45, 7) is 0. The van der Waals surface area contributed by atoms with Crippen molar-refractivity contribution < 1.29 is 23.8 Å². The van der Waals surface area contributed by atoms with Crippen LogP contribution in [0.2, 0.25) is 0 Å². The Bertz CT molecular complexity index is 1140. The van der Waals surface area contributed by atoms with Crippen molar-refractivity contribution in [3.63, 3.8) is 0 Å². The lowest BCUT2D eigenvalue weighted by Gasteiger charge is -2.26. The van der Waals surface area contributed by atoms with E-state index in [1.54, 1.807) is 42.6 Å². The molecule has 1 aliphatic heterocycles. The Balaban J connectivity index is 1.96. The first-order valence-electron chi connectivity index (χ1n) is 9.13. The van der Waals surface area contributed by atoms with Gasteiger partial charge in [0.2, 0.25) is 0 Å². The first kappa shape index (κ1) is 19.3. The van der Waals surface area contributed by atoms with Gasteiger partial charge in [-0.05, 0) is 48.0 Å². The number of halogens is 1. The summed E-state index contributed by atoms with van der Waals surface area (Å²) < 4.78 is 18.7. The van der Waals surface area contributed by atoms with E-state index in [0.29, 0.717) is 17.0 Å². The monoisotopic (exact) mass is 404 g/mol. The molecule has 150 valence electrons. The van der Waals surface area contributed by atoms with Crippen molar-refractivity contribution in [3.05, 3.63) is 95.6 Å². The standard InChI is InChI=1S/C23H17FN2O4/c1-30-18-7-3-2-6-17(18)26-20(15-5-4-12-25-13-15)19(22(28)23(26)29)21(27)14-8-10-16(24)11-9-14/h2-13,20,27H,1H3/b21-19+. The Morgan fingerprint density at radius 2 is 1.80 bits per heavy atom. The molecule has 0 saturated carbocycles. The number of rotatable bonds is 4. The number of Topliss-reactive ketones (excluding diaryl/α,β-unsaturated/α-hetero) is 1. The number of hydrogen-bond acceptors (Lipinski definition) is 5. The molecule has 4 rings (SSSR count). The Morgan fingerprint density at radius 3 is 2.47 bits per heavy atom. The number of aliphatic hydroxyl groups is 1. The Morgan fingerprint density at radius 1 is 1.07 bits per heavy atom. The lowest BCUT2D eigenvalue weighted by molar-refractivity contribution is -0.132. The molecule has 1 unspecified atom stereocenters. The Hall–Kier alpha value is -4.00. The van der Waals surface area contributed by atoms with Crippen molar-refractivity contribution in [1.82, 2.24) is 4.98 Å². The van der Waals surface area contributed by atoms with E-state index >= 15 is 0 Å². The minimum atomic E-state index is -0.931. The molecule has 1 amide bonds. The minimum absolute atomic E-state index is 0.106. The zero-order valence-corrected chi connectivity index (χ0v) is 15.9. The molecule has 2 aromatic carbocycles. The fraction of sp³-hybridized carbons (Fsp3) is 0.0870. The van der Waals surface area contributed by atoms with E-state index < -0.39 is 23.5 Å². The van der Waals surface area contributed by atoms with Crippen LogP contribution in [0.4, 0.5) is 10.1 Å². The maximum atomic E-state index is 13.3. The molecule has 0 radical (unpaired) electrons. The summed E-state index contributed by atoms with van der Waals surface area (Å²) >= 11 is 0. The van der Waals surface area contributed by atoms with E-state index in [1.807, 2.05) is 0 Å². The molecular formula is C23H17FN2O4. The van der Waals surface area contributed by atoms with Gasteiger partial charge in [0.1, 0.15) is 17.3 Å². The van der Waals surface area contributed by atoms with Gasteiger partial charge < -0.3 is 9.84 Å². The predicted molar refractivity (Wildman–Crippen MR) is 108 cm³/mol. The number of para-hydroxylation sites is 2. The third-order valence-electron chi connectivity index (χ3n) is 4.91. The molecule has 1 N–H and O–H groups in total. The smallest absolute Gasteiger partial charge is 0.300 e. The number of aromatic nitrogens is 1. The molecular weight excluding hydrogens is 387 g/mol. The highest BCUT2D eigenvalue weighted by atomic mass is 19.1. The molecule has 3 aromatic rings. The summed E-state index contributed by atoms with van der Waals surface area (Å²) in [5, 5.41) is 10.9. The van der Waals surface area contributed by atoms with E-state index in [2.05, 4.69) is 4.98 Å². The lowest BCUT2D eigenvalue weighted by Crippen LogP contribution is -2.29. The summed E-state index contributed by atoms with van der Waals surface area (Å²) in [5.74, 6) is -2.13. The maximum Gasteiger partial charge on any atom is 0.300 e. The van der Waals surface area contributed by atoms with Gasteiger partial charge in [0.05, 0.1) is 24.4 Å². The van der Waals surface area contributed by atoms with Crippen molar-refractivity contribution >= 4 is 23.1 Å². The van der Waals surface area contributed by atoms with Gasteiger partial charge in [0.15, 0.2) is 0 Å². The molecule has 1 aromatic heterocycles. The largest absolute Gasteiger partial charge is 0.507 e. The number of ketones is 1. The maximum absolute atomic E-state index is 13.3. The normalized spacial score (nSPS) is 17.9. The summed E-state index contributed by atoms with van der Waals surface area (Å²) in [7, 11) is 1.47. The number of hydrogen-bond donors (Lipinski definition) is 1. The number of nitrogens with zero attached hydrogens (tertiary/aromatic N) is 2. The van der Waals surface area contributed by atoms with Gasteiger partial charge in [0.25, 0.3) is 11.7 Å². The van der Waals surface area contributed by atoms with Crippen LogP contribution in [-0.4, -0.2) is 28.9 Å². The van der Waals surface area contributed by atoms with E-state index in [0.717, 1.165) is 0 Å². The second kappa shape index (κ2) is 7.79. The molecule has 30 heavy (non-hydrogen) atoms. The summed E-state index contributed by atoms with van der Waals surface area (Å²) in [6.07, 6.45) is 3.09. The van der Waals surface area contributed by atoms with E-state index in [1.165, 1.54) is 42.5 Å². The third kappa shape index (κ3) is 3.20. The van der Waals surface area contributed by atoms with Gasteiger partial charge in [-0.1, -0.05) is 18.2 Å². The van der Waals surface area contributed by atoms with Gasteiger partial charge in [-0.3, -0.25) is 19.5 Å². The van der Waals surface area contributed by atoms with Crippen LogP contribution < -0.4 is 9.64 Å². The quantitative estimate of drug-likeness (QED) is 0.406. The number of carbonyl (C=O) groups is 2. The zero-order valence-electron chi connectivity index (χ0n) is 15.9. The SMILES string of the molecule is COc1ccccc1N1C(=O)C(=O)/C(=C(/O)c2ccc(F)cc2)C1c1cccnc1. The molecule has 1 saturated heterocycles. The highest BCUT2D eigenvalue weighted by molar-refractivity contribution is 6.51. The van der Waals surface area contributed by atoms with Crippen LogP contribution in [0.5, 0.6) is 5.75 Å². The van der Waals surface area contributed by atoms with E-state index in [-0.39, 0.29) is 16.9 Å². The van der Waals surface area contributed by atoms with Crippen LogP contribution in [0.3, 0.4) is 0 Å². The second-order valence-corrected chi connectivity index (χ2v) is 6.63. The van der Waals surface area contributed by atoms with Crippen LogP contribution in [0, 0.1) is 5.82 Å². The molecule has 7 heteroatoms. The number of anilines is 1. The summed E-state index contributed by atoms with van der Waals surface area (Å²) in [5.41, 5.74) is 1.04.